The number of nitrogens with zero attached hydrogens (tertiary/aromatic N) is 1. The highest BCUT2D eigenvalue weighted by atomic mass is 16.3. The highest BCUT2D eigenvalue weighted by Crippen LogP contribution is 2.44. The van der Waals surface area contributed by atoms with Crippen molar-refractivity contribution in [1.82, 2.24) is 4.90 Å². The molecule has 0 aromatic heterocycles. The number of fused-ring (bicyclic) bond motifs is 1. The number of hydrogen-bond donors (Lipinski definition) is 1. The van der Waals surface area contributed by atoms with Gasteiger partial charge in [-0.25, -0.2) is 0 Å². The fourth-order valence-electron chi connectivity index (χ4n) is 3.24. The Labute approximate surface area is 102 Å². The zero-order valence-electron chi connectivity index (χ0n) is 10.6. The predicted octanol–water partition coefficient (Wildman–Crippen LogP) is 1.18. The number of carbonyl (C=O) groups excluding carboxylic acids is 2. The molecule has 0 radical (unpaired) electrons. The lowest BCUT2D eigenvalue weighted by atomic mass is 10.00. The molecule has 4 heteroatoms. The standard InChI is InChI=1S/C13H21NO3/c1-3-9-6-10-11(7-9)13(17)14(12(10)16)8(2)4-5-15/h8-11,15H,3-7H2,1-2H3. The van der Waals surface area contributed by atoms with Crippen LogP contribution in [0.25, 0.3) is 0 Å². The van der Waals surface area contributed by atoms with Crippen LogP contribution in [0.5, 0.6) is 0 Å². The summed E-state index contributed by atoms with van der Waals surface area (Å²) in [5.74, 6) is 0.379. The molecule has 4 nitrogen and oxygen atoms in total. The minimum atomic E-state index is -0.161. The van der Waals surface area contributed by atoms with E-state index in [0.29, 0.717) is 12.3 Å². The second kappa shape index (κ2) is 4.77. The van der Waals surface area contributed by atoms with Crippen molar-refractivity contribution in [3.63, 3.8) is 0 Å². The van der Waals surface area contributed by atoms with Crippen LogP contribution in [0, 0.1) is 17.8 Å². The third kappa shape index (κ3) is 1.99. The molecule has 0 spiro atoms. The lowest BCUT2D eigenvalue weighted by Crippen LogP contribution is -2.40. The average molecular weight is 239 g/mol. The average Bonchev–Trinajstić information content (AvgIpc) is 2.81. The van der Waals surface area contributed by atoms with E-state index in [1.54, 1.807) is 0 Å². The molecule has 1 aliphatic carbocycles. The Kier molecular flexibility index (Phi) is 3.52. The molecule has 2 amide bonds. The molecule has 0 bridgehead atoms. The molecule has 0 aromatic rings. The topological polar surface area (TPSA) is 57.6 Å². The van der Waals surface area contributed by atoms with Gasteiger partial charge in [-0.2, -0.15) is 0 Å². The Morgan fingerprint density at radius 2 is 1.82 bits per heavy atom. The van der Waals surface area contributed by atoms with Crippen molar-refractivity contribution < 1.29 is 14.7 Å². The van der Waals surface area contributed by atoms with Crippen LogP contribution in [0.15, 0.2) is 0 Å². The van der Waals surface area contributed by atoms with Gasteiger partial charge in [0.15, 0.2) is 0 Å². The second-order valence-electron chi connectivity index (χ2n) is 5.37. The largest absolute Gasteiger partial charge is 0.396 e. The molecule has 1 aliphatic heterocycles. The Hall–Kier alpha value is -0.900. The van der Waals surface area contributed by atoms with Crippen molar-refractivity contribution in [1.29, 1.82) is 0 Å². The fraction of sp³-hybridized carbons (Fsp3) is 0.846. The zero-order valence-corrected chi connectivity index (χ0v) is 10.6. The first-order chi connectivity index (χ1) is 8.10. The lowest BCUT2D eigenvalue weighted by Gasteiger charge is -2.23. The Morgan fingerprint density at radius 1 is 1.29 bits per heavy atom. The van der Waals surface area contributed by atoms with Crippen LogP contribution >= 0.6 is 0 Å². The first-order valence-electron chi connectivity index (χ1n) is 6.57. The van der Waals surface area contributed by atoms with Crippen LogP contribution in [0.4, 0.5) is 0 Å². The maximum atomic E-state index is 12.2. The van der Waals surface area contributed by atoms with Crippen molar-refractivity contribution in [2.24, 2.45) is 17.8 Å². The van der Waals surface area contributed by atoms with Crippen molar-refractivity contribution in [3.8, 4) is 0 Å². The molecule has 1 heterocycles. The molecule has 1 N–H and O–H groups in total. The molecular weight excluding hydrogens is 218 g/mol. The molecule has 2 aliphatic rings. The van der Waals surface area contributed by atoms with Gasteiger partial charge in [0.25, 0.3) is 0 Å². The van der Waals surface area contributed by atoms with Gasteiger partial charge in [0.1, 0.15) is 0 Å². The van der Waals surface area contributed by atoms with Crippen molar-refractivity contribution >= 4 is 11.8 Å². The number of aliphatic hydroxyl groups excluding tert-OH is 1. The summed E-state index contributed by atoms with van der Waals surface area (Å²) in [6.45, 7) is 3.97. The SMILES string of the molecule is CCC1CC2C(=O)N(C(C)CCO)C(=O)C2C1. The third-order valence-electron chi connectivity index (χ3n) is 4.33. The first-order valence-corrected chi connectivity index (χ1v) is 6.57. The van der Waals surface area contributed by atoms with Gasteiger partial charge >= 0.3 is 0 Å². The maximum absolute atomic E-state index is 12.2. The molecule has 2 rings (SSSR count). The number of aliphatic hydroxyl groups is 1. The van der Waals surface area contributed by atoms with Gasteiger partial charge in [-0.15, -0.1) is 0 Å². The highest BCUT2D eigenvalue weighted by Gasteiger charge is 2.53. The number of carbonyl (C=O) groups is 2. The molecule has 96 valence electrons. The zero-order chi connectivity index (χ0) is 12.6. The summed E-state index contributed by atoms with van der Waals surface area (Å²) < 4.78 is 0. The Bertz CT molecular complexity index is 305. The molecular formula is C13H21NO3. The molecule has 3 atom stereocenters. The van der Waals surface area contributed by atoms with E-state index in [2.05, 4.69) is 6.92 Å². The van der Waals surface area contributed by atoms with E-state index in [-0.39, 0.29) is 36.3 Å². The van der Waals surface area contributed by atoms with E-state index < -0.39 is 0 Å². The van der Waals surface area contributed by atoms with Gasteiger partial charge in [0.2, 0.25) is 11.8 Å². The molecule has 1 saturated carbocycles. The van der Waals surface area contributed by atoms with E-state index in [0.717, 1.165) is 19.3 Å². The van der Waals surface area contributed by atoms with Gasteiger partial charge in [0, 0.05) is 12.6 Å². The summed E-state index contributed by atoms with van der Waals surface area (Å²) in [4.78, 5) is 25.8. The van der Waals surface area contributed by atoms with E-state index in [4.69, 9.17) is 5.11 Å². The highest BCUT2D eigenvalue weighted by molar-refractivity contribution is 6.05. The number of hydrogen-bond acceptors (Lipinski definition) is 3. The van der Waals surface area contributed by atoms with Crippen LogP contribution in [0.1, 0.15) is 39.5 Å². The van der Waals surface area contributed by atoms with Crippen molar-refractivity contribution in [2.75, 3.05) is 6.61 Å². The van der Waals surface area contributed by atoms with Crippen LogP contribution in [-0.4, -0.2) is 34.5 Å². The van der Waals surface area contributed by atoms with E-state index in [1.165, 1.54) is 4.90 Å². The van der Waals surface area contributed by atoms with Gasteiger partial charge in [0.05, 0.1) is 11.8 Å². The minimum Gasteiger partial charge on any atom is -0.396 e. The lowest BCUT2D eigenvalue weighted by molar-refractivity contribution is -0.143. The predicted molar refractivity (Wildman–Crippen MR) is 63.0 cm³/mol. The summed E-state index contributed by atoms with van der Waals surface area (Å²) in [6.07, 6.45) is 3.27. The first kappa shape index (κ1) is 12.6. The number of likely N-dealkylation sites (tertiary alicyclic amines) is 1. The summed E-state index contributed by atoms with van der Waals surface area (Å²) in [7, 11) is 0. The smallest absolute Gasteiger partial charge is 0.233 e. The van der Waals surface area contributed by atoms with Gasteiger partial charge in [-0.05, 0) is 32.1 Å². The summed E-state index contributed by atoms with van der Waals surface area (Å²) in [5, 5.41) is 8.90. The van der Waals surface area contributed by atoms with E-state index >= 15 is 0 Å². The normalized spacial score (nSPS) is 34.3. The summed E-state index contributed by atoms with van der Waals surface area (Å²) >= 11 is 0. The van der Waals surface area contributed by atoms with Crippen molar-refractivity contribution in [3.05, 3.63) is 0 Å². The van der Waals surface area contributed by atoms with Gasteiger partial charge in [-0.1, -0.05) is 13.3 Å². The second-order valence-corrected chi connectivity index (χ2v) is 5.37. The van der Waals surface area contributed by atoms with Crippen LogP contribution in [0.3, 0.4) is 0 Å². The van der Waals surface area contributed by atoms with Gasteiger partial charge in [-0.3, -0.25) is 14.5 Å². The monoisotopic (exact) mass is 239 g/mol. The van der Waals surface area contributed by atoms with Crippen molar-refractivity contribution in [2.45, 2.75) is 45.6 Å². The maximum Gasteiger partial charge on any atom is 0.233 e. The third-order valence-corrected chi connectivity index (χ3v) is 4.33. The minimum absolute atomic E-state index is 0.00287. The Balaban J connectivity index is 2.11. The van der Waals surface area contributed by atoms with Crippen LogP contribution in [-0.2, 0) is 9.59 Å². The molecule has 0 aromatic carbocycles. The molecule has 17 heavy (non-hydrogen) atoms. The summed E-state index contributed by atoms with van der Waals surface area (Å²) in [6, 6.07) is -0.161. The van der Waals surface area contributed by atoms with Gasteiger partial charge < -0.3 is 5.11 Å². The van der Waals surface area contributed by atoms with Crippen LogP contribution < -0.4 is 0 Å². The van der Waals surface area contributed by atoms with E-state index in [9.17, 15) is 9.59 Å². The Morgan fingerprint density at radius 3 is 2.24 bits per heavy atom. The van der Waals surface area contributed by atoms with Crippen LogP contribution in [0.2, 0.25) is 0 Å². The quantitative estimate of drug-likeness (QED) is 0.749. The fourth-order valence-corrected chi connectivity index (χ4v) is 3.24. The molecule has 2 fully saturated rings. The number of amides is 2. The van der Waals surface area contributed by atoms with E-state index in [1.807, 2.05) is 6.92 Å². The molecule has 1 saturated heterocycles. The number of imide groups is 1. The number of rotatable bonds is 4. The summed E-state index contributed by atoms with van der Waals surface area (Å²) in [5.41, 5.74) is 0. The molecule has 3 unspecified atom stereocenters.